The number of aromatic hydroxyl groups is 1. The van der Waals surface area contributed by atoms with Crippen molar-refractivity contribution < 1.29 is 19.5 Å². The van der Waals surface area contributed by atoms with Crippen LogP contribution in [0.1, 0.15) is 0 Å². The largest absolute Gasteiger partial charge is 0.507 e. The van der Waals surface area contributed by atoms with Crippen molar-refractivity contribution in [2.24, 2.45) is 0 Å². The van der Waals surface area contributed by atoms with Crippen molar-refractivity contribution in [1.82, 2.24) is 0 Å². The van der Waals surface area contributed by atoms with Crippen molar-refractivity contribution in [2.75, 3.05) is 5.73 Å². The van der Waals surface area contributed by atoms with Crippen molar-refractivity contribution >= 4 is 18.6 Å². The molecule has 0 fully saturated rings. The smallest absolute Gasteiger partial charge is 0.359 e. The van der Waals surface area contributed by atoms with Crippen LogP contribution in [0.3, 0.4) is 0 Å². The van der Waals surface area contributed by atoms with Crippen molar-refractivity contribution in [1.29, 1.82) is 0 Å². The van der Waals surface area contributed by atoms with E-state index < -0.39 is 18.6 Å². The molecule has 0 aliphatic carbocycles. The van der Waals surface area contributed by atoms with E-state index in [9.17, 15) is 4.57 Å². The fraction of sp³-hybridized carbons (Fsp3) is 0. The van der Waals surface area contributed by atoms with Crippen LogP contribution in [0.15, 0.2) is 18.2 Å². The Morgan fingerprint density at radius 1 is 1.33 bits per heavy atom. The number of phenols is 1. The molecule has 1 aromatic rings. The van der Waals surface area contributed by atoms with Gasteiger partial charge in [-0.25, -0.2) is 0 Å². The first kappa shape index (κ1) is 9.06. The molecule has 0 amide bonds. The van der Waals surface area contributed by atoms with Crippen LogP contribution in [0.2, 0.25) is 0 Å². The van der Waals surface area contributed by atoms with E-state index in [0.29, 0.717) is 0 Å². The normalized spacial score (nSPS) is 11.5. The monoisotopic (exact) mass is 189 g/mol. The van der Waals surface area contributed by atoms with Crippen LogP contribution in [0.25, 0.3) is 0 Å². The fourth-order valence-electron chi connectivity index (χ4n) is 0.787. The van der Waals surface area contributed by atoms with E-state index in [2.05, 4.69) is 0 Å². The summed E-state index contributed by atoms with van der Waals surface area (Å²) < 4.78 is 10.7. The summed E-state index contributed by atoms with van der Waals surface area (Å²) in [5.74, 6) is -0.483. The van der Waals surface area contributed by atoms with E-state index >= 15 is 0 Å². The predicted molar refractivity (Wildman–Crippen MR) is 44.2 cm³/mol. The molecule has 0 aliphatic rings. The van der Waals surface area contributed by atoms with Gasteiger partial charge in [-0.05, 0) is 12.1 Å². The van der Waals surface area contributed by atoms with Gasteiger partial charge in [0.15, 0.2) is 0 Å². The maximum absolute atomic E-state index is 10.7. The molecule has 0 bridgehead atoms. The van der Waals surface area contributed by atoms with Crippen molar-refractivity contribution in [2.45, 2.75) is 0 Å². The minimum absolute atomic E-state index is 0.254. The molecule has 0 saturated carbocycles. The molecule has 0 unspecified atom stereocenters. The molecule has 0 aliphatic heterocycles. The quantitative estimate of drug-likeness (QED) is 0.361. The Kier molecular flexibility index (Phi) is 2.10. The Bertz CT molecular complexity index is 345. The highest BCUT2D eigenvalue weighted by atomic mass is 31.2. The Morgan fingerprint density at radius 3 is 2.33 bits per heavy atom. The number of nitrogens with two attached hydrogens (primary N) is 1. The van der Waals surface area contributed by atoms with Crippen LogP contribution in [-0.4, -0.2) is 14.9 Å². The second kappa shape index (κ2) is 2.79. The predicted octanol–water partition coefficient (Wildman–Crippen LogP) is -0.223. The third-order valence-corrected chi connectivity index (χ3v) is 2.32. The molecule has 0 spiro atoms. The molecule has 0 saturated heterocycles. The maximum Gasteiger partial charge on any atom is 0.359 e. The highest BCUT2D eigenvalue weighted by Gasteiger charge is 2.20. The lowest BCUT2D eigenvalue weighted by atomic mass is 10.3. The zero-order valence-corrected chi connectivity index (χ0v) is 6.90. The van der Waals surface area contributed by atoms with Gasteiger partial charge in [0.25, 0.3) is 0 Å². The van der Waals surface area contributed by atoms with Crippen molar-refractivity contribution in [3.63, 3.8) is 0 Å². The minimum atomic E-state index is -4.38. The van der Waals surface area contributed by atoms with Crippen molar-refractivity contribution in [3.8, 4) is 5.75 Å². The zero-order chi connectivity index (χ0) is 9.35. The highest BCUT2D eigenvalue weighted by Crippen LogP contribution is 2.37. The van der Waals surface area contributed by atoms with E-state index in [1.54, 1.807) is 0 Å². The van der Waals surface area contributed by atoms with Gasteiger partial charge < -0.3 is 20.6 Å². The van der Waals surface area contributed by atoms with Crippen LogP contribution in [0.5, 0.6) is 5.75 Å². The molecular formula is C6H8NO4P. The summed E-state index contributed by atoms with van der Waals surface area (Å²) >= 11 is 0. The average molecular weight is 189 g/mol. The number of hydrogen-bond donors (Lipinski definition) is 4. The van der Waals surface area contributed by atoms with Crippen LogP contribution in [-0.2, 0) is 4.57 Å². The number of anilines is 1. The van der Waals surface area contributed by atoms with Crippen LogP contribution in [0.4, 0.5) is 5.69 Å². The summed E-state index contributed by atoms with van der Waals surface area (Å²) in [7, 11) is -4.38. The first-order valence-corrected chi connectivity index (χ1v) is 4.67. The van der Waals surface area contributed by atoms with Gasteiger partial charge in [-0.2, -0.15) is 0 Å². The molecule has 66 valence electrons. The lowest BCUT2D eigenvalue weighted by Gasteiger charge is -2.06. The second-order valence-electron chi connectivity index (χ2n) is 2.29. The maximum atomic E-state index is 10.7. The minimum Gasteiger partial charge on any atom is -0.507 e. The van der Waals surface area contributed by atoms with Crippen LogP contribution >= 0.6 is 7.60 Å². The SMILES string of the molecule is Nc1ccc(P(=O)(O)O)c(O)c1. The second-order valence-corrected chi connectivity index (χ2v) is 3.86. The molecule has 0 aromatic heterocycles. The molecule has 5 N–H and O–H groups in total. The van der Waals surface area contributed by atoms with Gasteiger partial charge in [-0.1, -0.05) is 0 Å². The summed E-state index contributed by atoms with van der Waals surface area (Å²) in [6.07, 6.45) is 0. The standard InChI is InChI=1S/C6H8NO4P/c7-4-1-2-6(5(8)3-4)12(9,10)11/h1-3,8H,7H2,(H2,9,10,11). The molecule has 12 heavy (non-hydrogen) atoms. The molecule has 0 radical (unpaired) electrons. The molecule has 0 heterocycles. The summed E-state index contributed by atoms with van der Waals surface area (Å²) in [4.78, 5) is 17.3. The summed E-state index contributed by atoms with van der Waals surface area (Å²) in [6, 6.07) is 3.51. The van der Waals surface area contributed by atoms with E-state index in [4.69, 9.17) is 20.6 Å². The number of hydrogen-bond acceptors (Lipinski definition) is 3. The number of benzene rings is 1. The Labute approximate surface area is 68.6 Å². The van der Waals surface area contributed by atoms with Gasteiger partial charge in [0.1, 0.15) is 11.1 Å². The molecule has 0 atom stereocenters. The average Bonchev–Trinajstić information content (AvgIpc) is 1.83. The van der Waals surface area contributed by atoms with Gasteiger partial charge in [-0.3, -0.25) is 4.57 Å². The van der Waals surface area contributed by atoms with E-state index in [0.717, 1.165) is 12.1 Å². The van der Waals surface area contributed by atoms with Gasteiger partial charge in [0.2, 0.25) is 0 Å². The third kappa shape index (κ3) is 1.76. The number of nitrogen functional groups attached to an aromatic ring is 1. The lowest BCUT2D eigenvalue weighted by molar-refractivity contribution is 0.384. The zero-order valence-electron chi connectivity index (χ0n) is 6.01. The molecular weight excluding hydrogens is 181 g/mol. The first-order chi connectivity index (χ1) is 5.41. The Balaban J connectivity index is 3.28. The van der Waals surface area contributed by atoms with Crippen LogP contribution < -0.4 is 11.0 Å². The summed E-state index contributed by atoms with van der Waals surface area (Å²) in [5, 5.41) is 8.65. The van der Waals surface area contributed by atoms with E-state index in [1.807, 2.05) is 0 Å². The van der Waals surface area contributed by atoms with Crippen LogP contribution in [0, 0.1) is 0 Å². The number of rotatable bonds is 1. The van der Waals surface area contributed by atoms with Gasteiger partial charge >= 0.3 is 7.60 Å². The summed E-state index contributed by atoms with van der Waals surface area (Å²) in [5.41, 5.74) is 5.51. The number of phenolic OH excluding ortho intramolecular Hbond substituents is 1. The molecule has 6 heteroatoms. The fourth-order valence-corrected chi connectivity index (χ4v) is 1.42. The van der Waals surface area contributed by atoms with E-state index in [1.165, 1.54) is 6.07 Å². The van der Waals surface area contributed by atoms with Crippen molar-refractivity contribution in [3.05, 3.63) is 18.2 Å². The first-order valence-electron chi connectivity index (χ1n) is 3.06. The topological polar surface area (TPSA) is 104 Å². The van der Waals surface area contributed by atoms with E-state index in [-0.39, 0.29) is 5.69 Å². The molecule has 1 rings (SSSR count). The highest BCUT2D eigenvalue weighted by molar-refractivity contribution is 7.60. The Hall–Kier alpha value is -1.03. The van der Waals surface area contributed by atoms with Gasteiger partial charge in [0, 0.05) is 11.8 Å². The third-order valence-electron chi connectivity index (χ3n) is 1.31. The van der Waals surface area contributed by atoms with Gasteiger partial charge in [0.05, 0.1) is 0 Å². The lowest BCUT2D eigenvalue weighted by Crippen LogP contribution is -2.04. The van der Waals surface area contributed by atoms with Gasteiger partial charge in [-0.15, -0.1) is 0 Å². The molecule has 5 nitrogen and oxygen atoms in total. The Morgan fingerprint density at radius 2 is 1.92 bits per heavy atom. The molecule has 1 aromatic carbocycles. The summed E-state index contributed by atoms with van der Waals surface area (Å²) in [6.45, 7) is 0.